The first-order chi connectivity index (χ1) is 10.6. The van der Waals surface area contributed by atoms with E-state index in [0.717, 1.165) is 23.8 Å². The fourth-order valence-electron chi connectivity index (χ4n) is 2.06. The molecule has 1 aromatic carbocycles. The van der Waals surface area contributed by atoms with E-state index in [1.807, 2.05) is 43.7 Å². The summed E-state index contributed by atoms with van der Waals surface area (Å²) in [4.78, 5) is 12.0. The fraction of sp³-hybridized carbons (Fsp3) is 0.438. The van der Waals surface area contributed by atoms with Crippen LogP contribution in [0.3, 0.4) is 0 Å². The van der Waals surface area contributed by atoms with Crippen molar-refractivity contribution in [3.63, 3.8) is 0 Å². The summed E-state index contributed by atoms with van der Waals surface area (Å²) in [7, 11) is 1.90. The van der Waals surface area contributed by atoms with Crippen molar-refractivity contribution in [2.75, 3.05) is 5.75 Å². The molecule has 5 nitrogen and oxygen atoms in total. The van der Waals surface area contributed by atoms with E-state index in [1.54, 1.807) is 0 Å². The lowest BCUT2D eigenvalue weighted by atomic mass is 10.1. The molecule has 0 radical (unpaired) electrons. The van der Waals surface area contributed by atoms with Gasteiger partial charge in [-0.25, -0.2) is 0 Å². The molecule has 1 aromatic heterocycles. The number of nitrogens with one attached hydrogen (secondary N) is 1. The highest BCUT2D eigenvalue weighted by Crippen LogP contribution is 2.14. The Bertz CT molecular complexity index is 612. The van der Waals surface area contributed by atoms with E-state index in [0.29, 0.717) is 5.75 Å². The number of benzene rings is 1. The smallest absolute Gasteiger partial charge is 0.230 e. The lowest BCUT2D eigenvalue weighted by molar-refractivity contribution is -0.119. The van der Waals surface area contributed by atoms with Crippen LogP contribution in [0.5, 0.6) is 0 Å². The first-order valence-corrected chi connectivity index (χ1v) is 8.37. The number of carbonyl (C=O) groups is 1. The molecule has 1 N–H and O–H groups in total. The number of thioether (sulfide) groups is 1. The second-order valence-corrected chi connectivity index (χ2v) is 6.31. The highest BCUT2D eigenvalue weighted by molar-refractivity contribution is 7.99. The van der Waals surface area contributed by atoms with Crippen LogP contribution in [0, 0.1) is 6.92 Å². The van der Waals surface area contributed by atoms with Gasteiger partial charge in [0.05, 0.1) is 5.75 Å². The Morgan fingerprint density at radius 1 is 1.32 bits per heavy atom. The van der Waals surface area contributed by atoms with Crippen molar-refractivity contribution in [1.29, 1.82) is 0 Å². The maximum absolute atomic E-state index is 12.0. The summed E-state index contributed by atoms with van der Waals surface area (Å²) >= 11 is 1.41. The number of rotatable bonds is 7. The van der Waals surface area contributed by atoms with Crippen molar-refractivity contribution in [3.05, 3.63) is 41.7 Å². The van der Waals surface area contributed by atoms with Crippen LogP contribution in [-0.2, 0) is 18.3 Å². The predicted octanol–water partition coefficient (Wildman–Crippen LogP) is 2.35. The van der Waals surface area contributed by atoms with Crippen LogP contribution in [0.2, 0.25) is 0 Å². The molecular formula is C16H22N4OS. The highest BCUT2D eigenvalue weighted by atomic mass is 32.2. The van der Waals surface area contributed by atoms with E-state index in [-0.39, 0.29) is 11.9 Å². The molecule has 0 saturated heterocycles. The van der Waals surface area contributed by atoms with Crippen LogP contribution in [-0.4, -0.2) is 32.5 Å². The molecule has 0 unspecified atom stereocenters. The minimum absolute atomic E-state index is 0.0335. The number of carbonyl (C=O) groups excluding carboxylic acids is 1. The van der Waals surface area contributed by atoms with Crippen molar-refractivity contribution < 1.29 is 4.79 Å². The van der Waals surface area contributed by atoms with E-state index in [4.69, 9.17) is 0 Å². The normalized spacial score (nSPS) is 12.1. The highest BCUT2D eigenvalue weighted by Gasteiger charge is 2.11. The summed E-state index contributed by atoms with van der Waals surface area (Å²) in [5.74, 6) is 1.24. The number of aromatic nitrogens is 3. The largest absolute Gasteiger partial charge is 0.353 e. The van der Waals surface area contributed by atoms with Crippen molar-refractivity contribution in [3.8, 4) is 0 Å². The molecule has 1 atom stereocenters. The van der Waals surface area contributed by atoms with Gasteiger partial charge in [0.15, 0.2) is 5.16 Å². The Kier molecular flexibility index (Phi) is 6.00. The molecule has 2 rings (SSSR count). The van der Waals surface area contributed by atoms with Crippen LogP contribution in [0.15, 0.2) is 35.5 Å². The molecule has 118 valence electrons. The van der Waals surface area contributed by atoms with E-state index in [2.05, 4.69) is 27.6 Å². The molecular weight excluding hydrogens is 296 g/mol. The summed E-state index contributed by atoms with van der Waals surface area (Å²) < 4.78 is 1.89. The molecule has 1 heterocycles. The average Bonchev–Trinajstić information content (AvgIpc) is 2.84. The van der Waals surface area contributed by atoms with E-state index in [1.165, 1.54) is 17.3 Å². The van der Waals surface area contributed by atoms with Gasteiger partial charge in [-0.3, -0.25) is 4.79 Å². The molecule has 1 amide bonds. The Morgan fingerprint density at radius 3 is 2.68 bits per heavy atom. The lowest BCUT2D eigenvalue weighted by Crippen LogP contribution is -2.34. The van der Waals surface area contributed by atoms with Crippen molar-refractivity contribution in [1.82, 2.24) is 20.1 Å². The summed E-state index contributed by atoms with van der Waals surface area (Å²) in [6, 6.07) is 10.5. The molecule has 0 bridgehead atoms. The number of nitrogens with zero attached hydrogens (tertiary/aromatic N) is 3. The Hall–Kier alpha value is -1.82. The molecule has 0 saturated carbocycles. The van der Waals surface area contributed by atoms with Crippen LogP contribution >= 0.6 is 11.8 Å². The van der Waals surface area contributed by atoms with Crippen LogP contribution < -0.4 is 5.32 Å². The first kappa shape index (κ1) is 16.5. The third-order valence-corrected chi connectivity index (χ3v) is 4.52. The summed E-state index contributed by atoms with van der Waals surface area (Å²) in [6.45, 7) is 3.93. The molecule has 0 fully saturated rings. The molecule has 0 spiro atoms. The van der Waals surface area contributed by atoms with Gasteiger partial charge in [-0.05, 0) is 32.3 Å². The van der Waals surface area contributed by atoms with E-state index < -0.39 is 0 Å². The third kappa shape index (κ3) is 4.87. The monoisotopic (exact) mass is 318 g/mol. The average molecular weight is 318 g/mol. The maximum Gasteiger partial charge on any atom is 0.230 e. The van der Waals surface area contributed by atoms with Crippen molar-refractivity contribution >= 4 is 17.7 Å². The van der Waals surface area contributed by atoms with Gasteiger partial charge in [0.25, 0.3) is 0 Å². The summed E-state index contributed by atoms with van der Waals surface area (Å²) in [5, 5.41) is 11.8. The minimum Gasteiger partial charge on any atom is -0.353 e. The fourth-order valence-corrected chi connectivity index (χ4v) is 2.83. The lowest BCUT2D eigenvalue weighted by Gasteiger charge is -2.13. The van der Waals surface area contributed by atoms with Gasteiger partial charge in [-0.1, -0.05) is 42.1 Å². The summed E-state index contributed by atoms with van der Waals surface area (Å²) in [6.07, 6.45) is 1.90. The minimum atomic E-state index is 0.0335. The Balaban J connectivity index is 1.71. The predicted molar refractivity (Wildman–Crippen MR) is 88.8 cm³/mol. The Labute approximate surface area is 135 Å². The van der Waals surface area contributed by atoms with E-state index >= 15 is 0 Å². The van der Waals surface area contributed by atoms with Gasteiger partial charge in [0.1, 0.15) is 5.82 Å². The second-order valence-electron chi connectivity index (χ2n) is 5.37. The van der Waals surface area contributed by atoms with Gasteiger partial charge >= 0.3 is 0 Å². The zero-order chi connectivity index (χ0) is 15.9. The molecule has 0 aliphatic rings. The van der Waals surface area contributed by atoms with Crippen LogP contribution in [0.4, 0.5) is 0 Å². The molecule has 2 aromatic rings. The molecule has 6 heteroatoms. The number of hydrogen-bond donors (Lipinski definition) is 1. The van der Waals surface area contributed by atoms with Gasteiger partial charge in [-0.2, -0.15) is 0 Å². The standard InChI is InChI=1S/C16H22N4OS/c1-12(9-10-14-7-5-4-6-8-14)17-15(21)11-22-16-19-18-13(2)20(16)3/h4-8,12H,9-11H2,1-3H3,(H,17,21)/t12-/m0/s1. The van der Waals surface area contributed by atoms with Gasteiger partial charge in [0, 0.05) is 13.1 Å². The molecule has 0 aliphatic carbocycles. The second kappa shape index (κ2) is 7.98. The molecule has 0 aliphatic heterocycles. The van der Waals surface area contributed by atoms with Crippen molar-refractivity contribution in [2.45, 2.75) is 37.9 Å². The van der Waals surface area contributed by atoms with E-state index in [9.17, 15) is 4.79 Å². The number of hydrogen-bond acceptors (Lipinski definition) is 4. The first-order valence-electron chi connectivity index (χ1n) is 7.38. The topological polar surface area (TPSA) is 59.8 Å². The quantitative estimate of drug-likeness (QED) is 0.796. The maximum atomic E-state index is 12.0. The number of amides is 1. The zero-order valence-electron chi connectivity index (χ0n) is 13.2. The van der Waals surface area contributed by atoms with Crippen LogP contribution in [0.25, 0.3) is 0 Å². The third-order valence-electron chi connectivity index (χ3n) is 3.50. The van der Waals surface area contributed by atoms with Gasteiger partial charge < -0.3 is 9.88 Å². The van der Waals surface area contributed by atoms with Crippen molar-refractivity contribution in [2.24, 2.45) is 7.05 Å². The zero-order valence-corrected chi connectivity index (χ0v) is 14.1. The Morgan fingerprint density at radius 2 is 2.05 bits per heavy atom. The van der Waals surface area contributed by atoms with Gasteiger partial charge in [-0.15, -0.1) is 10.2 Å². The SMILES string of the molecule is Cc1nnc(SCC(=O)N[C@@H](C)CCc2ccccc2)n1C. The van der Waals surface area contributed by atoms with Gasteiger partial charge in [0.2, 0.25) is 5.91 Å². The summed E-state index contributed by atoms with van der Waals surface area (Å²) in [5.41, 5.74) is 1.30. The molecule has 22 heavy (non-hydrogen) atoms. The number of aryl methyl sites for hydroxylation is 2. The van der Waals surface area contributed by atoms with Crippen LogP contribution in [0.1, 0.15) is 24.7 Å².